The zero-order valence-electron chi connectivity index (χ0n) is 8.73. The van der Waals surface area contributed by atoms with Gasteiger partial charge in [0.05, 0.1) is 12.6 Å². The lowest BCUT2D eigenvalue weighted by atomic mass is 10.2. The summed E-state index contributed by atoms with van der Waals surface area (Å²) < 4.78 is 0. The van der Waals surface area contributed by atoms with Crippen molar-refractivity contribution in [1.82, 2.24) is 10.2 Å². The van der Waals surface area contributed by atoms with Gasteiger partial charge in [0.2, 0.25) is 0 Å². The molecule has 0 bridgehead atoms. The van der Waals surface area contributed by atoms with Gasteiger partial charge < -0.3 is 15.3 Å². The van der Waals surface area contributed by atoms with Crippen molar-refractivity contribution in [3.05, 3.63) is 22.4 Å². The minimum atomic E-state index is 0.0925. The van der Waals surface area contributed by atoms with Gasteiger partial charge in [0.15, 0.2) is 0 Å². The topological polar surface area (TPSA) is 35.5 Å². The van der Waals surface area contributed by atoms with Gasteiger partial charge in [-0.3, -0.25) is 0 Å². The summed E-state index contributed by atoms with van der Waals surface area (Å²) in [6, 6.07) is 4.15. The second-order valence-corrected chi connectivity index (χ2v) is 4.49. The molecule has 0 spiro atoms. The summed E-state index contributed by atoms with van der Waals surface area (Å²) in [5.41, 5.74) is 0. The van der Waals surface area contributed by atoms with E-state index in [0.717, 1.165) is 13.1 Å². The van der Waals surface area contributed by atoms with Crippen LogP contribution in [0.5, 0.6) is 0 Å². The third kappa shape index (κ3) is 3.75. The van der Waals surface area contributed by atoms with E-state index in [1.54, 1.807) is 11.3 Å². The van der Waals surface area contributed by atoms with E-state index in [9.17, 15) is 5.11 Å². The van der Waals surface area contributed by atoms with E-state index in [1.807, 2.05) is 31.6 Å². The van der Waals surface area contributed by atoms with Crippen LogP contribution in [-0.4, -0.2) is 43.8 Å². The Bertz CT molecular complexity index is 236. The van der Waals surface area contributed by atoms with Gasteiger partial charge in [-0.2, -0.15) is 0 Å². The van der Waals surface area contributed by atoms with Crippen molar-refractivity contribution in [3.8, 4) is 0 Å². The number of thiophene rings is 1. The van der Waals surface area contributed by atoms with Crippen LogP contribution >= 0.6 is 11.3 Å². The minimum absolute atomic E-state index is 0.0925. The number of aliphatic hydroxyl groups excluding tert-OH is 1. The number of aliphatic hydroxyl groups is 1. The molecule has 1 aromatic heterocycles. The molecule has 2 N–H and O–H groups in total. The van der Waals surface area contributed by atoms with Crippen molar-refractivity contribution in [3.63, 3.8) is 0 Å². The Labute approximate surface area is 89.4 Å². The van der Waals surface area contributed by atoms with Crippen LogP contribution in [0, 0.1) is 0 Å². The molecule has 0 fully saturated rings. The lowest BCUT2D eigenvalue weighted by Crippen LogP contribution is -2.31. The van der Waals surface area contributed by atoms with Gasteiger partial charge in [-0.25, -0.2) is 0 Å². The molecule has 0 aliphatic carbocycles. The first-order valence-electron chi connectivity index (χ1n) is 4.76. The van der Waals surface area contributed by atoms with Gasteiger partial charge in [-0.1, -0.05) is 6.07 Å². The molecule has 0 saturated carbocycles. The van der Waals surface area contributed by atoms with Crippen molar-refractivity contribution in [2.24, 2.45) is 0 Å². The molecular formula is C10H18N2OS. The molecule has 80 valence electrons. The van der Waals surface area contributed by atoms with Gasteiger partial charge >= 0.3 is 0 Å². The molecule has 0 saturated heterocycles. The summed E-state index contributed by atoms with van der Waals surface area (Å²) in [6.07, 6.45) is 0. The van der Waals surface area contributed by atoms with Crippen LogP contribution in [-0.2, 0) is 0 Å². The van der Waals surface area contributed by atoms with E-state index >= 15 is 0 Å². The van der Waals surface area contributed by atoms with E-state index < -0.39 is 0 Å². The van der Waals surface area contributed by atoms with E-state index in [-0.39, 0.29) is 12.6 Å². The van der Waals surface area contributed by atoms with Crippen molar-refractivity contribution in [1.29, 1.82) is 0 Å². The van der Waals surface area contributed by atoms with Crippen LogP contribution < -0.4 is 5.32 Å². The number of likely N-dealkylation sites (N-methyl/N-ethyl adjacent to an activating group) is 1. The second kappa shape index (κ2) is 6.14. The fourth-order valence-electron chi connectivity index (χ4n) is 1.21. The highest BCUT2D eigenvalue weighted by Gasteiger charge is 2.09. The monoisotopic (exact) mass is 214 g/mol. The number of hydrogen-bond donors (Lipinski definition) is 2. The number of rotatable bonds is 6. The van der Waals surface area contributed by atoms with Gasteiger partial charge in [-0.15, -0.1) is 11.3 Å². The largest absolute Gasteiger partial charge is 0.394 e. The Morgan fingerprint density at radius 3 is 2.86 bits per heavy atom. The molecule has 1 unspecified atom stereocenters. The van der Waals surface area contributed by atoms with E-state index in [4.69, 9.17) is 0 Å². The molecule has 0 aromatic carbocycles. The van der Waals surface area contributed by atoms with E-state index in [2.05, 4.69) is 10.2 Å². The van der Waals surface area contributed by atoms with Crippen molar-refractivity contribution < 1.29 is 5.11 Å². The summed E-state index contributed by atoms with van der Waals surface area (Å²) in [5.74, 6) is 0. The van der Waals surface area contributed by atoms with Crippen LogP contribution in [0.25, 0.3) is 0 Å². The first kappa shape index (κ1) is 11.7. The number of hydrogen-bond acceptors (Lipinski definition) is 4. The highest BCUT2D eigenvalue weighted by atomic mass is 32.1. The van der Waals surface area contributed by atoms with Gasteiger partial charge in [-0.05, 0) is 25.5 Å². The molecule has 4 heteroatoms. The quantitative estimate of drug-likeness (QED) is 0.739. The van der Waals surface area contributed by atoms with Crippen LogP contribution in [0.15, 0.2) is 17.5 Å². The smallest absolute Gasteiger partial charge is 0.0650 e. The van der Waals surface area contributed by atoms with Crippen molar-refractivity contribution >= 4 is 11.3 Å². The minimum Gasteiger partial charge on any atom is -0.394 e. The molecule has 14 heavy (non-hydrogen) atoms. The number of nitrogens with one attached hydrogen (secondary N) is 1. The Morgan fingerprint density at radius 2 is 2.36 bits per heavy atom. The van der Waals surface area contributed by atoms with Crippen molar-refractivity contribution in [2.45, 2.75) is 6.04 Å². The molecule has 1 rings (SSSR count). The lowest BCUT2D eigenvalue weighted by molar-refractivity contribution is 0.242. The van der Waals surface area contributed by atoms with Gasteiger partial charge in [0, 0.05) is 18.0 Å². The zero-order valence-corrected chi connectivity index (χ0v) is 9.55. The van der Waals surface area contributed by atoms with Gasteiger partial charge in [0.1, 0.15) is 0 Å². The average Bonchev–Trinajstić information content (AvgIpc) is 2.64. The molecule has 0 amide bonds. The number of nitrogens with zero attached hydrogens (tertiary/aromatic N) is 1. The molecule has 0 aliphatic rings. The molecule has 1 atom stereocenters. The molecule has 3 nitrogen and oxygen atoms in total. The molecular weight excluding hydrogens is 196 g/mol. The molecule has 0 radical (unpaired) electrons. The Balaban J connectivity index is 2.33. The molecule has 1 heterocycles. The lowest BCUT2D eigenvalue weighted by Gasteiger charge is -2.16. The molecule has 1 aromatic rings. The predicted octanol–water partition coefficient (Wildman–Crippen LogP) is 0.933. The first-order chi connectivity index (χ1) is 6.74. The van der Waals surface area contributed by atoms with Crippen LogP contribution in [0.1, 0.15) is 10.9 Å². The Hall–Kier alpha value is -0.420. The standard InChI is InChI=1S/C10H18N2OS/c1-12(2)6-5-11-9(8-13)10-4-3-7-14-10/h3-4,7,9,11,13H,5-6,8H2,1-2H3. The highest BCUT2D eigenvalue weighted by molar-refractivity contribution is 7.10. The summed E-state index contributed by atoms with van der Waals surface area (Å²) in [4.78, 5) is 3.32. The maximum Gasteiger partial charge on any atom is 0.0650 e. The van der Waals surface area contributed by atoms with Crippen LogP contribution in [0.2, 0.25) is 0 Å². The summed E-state index contributed by atoms with van der Waals surface area (Å²) in [7, 11) is 4.08. The normalized spacial score (nSPS) is 13.4. The van der Waals surface area contributed by atoms with Crippen LogP contribution in [0.3, 0.4) is 0 Å². The van der Waals surface area contributed by atoms with E-state index in [1.165, 1.54) is 4.88 Å². The Kier molecular flexibility index (Phi) is 5.11. The SMILES string of the molecule is CN(C)CCNC(CO)c1cccs1. The fourth-order valence-corrected chi connectivity index (χ4v) is 2.00. The third-order valence-corrected chi connectivity index (χ3v) is 3.00. The first-order valence-corrected chi connectivity index (χ1v) is 5.64. The maximum atomic E-state index is 9.19. The molecule has 0 aliphatic heterocycles. The van der Waals surface area contributed by atoms with Crippen molar-refractivity contribution in [2.75, 3.05) is 33.8 Å². The third-order valence-electron chi connectivity index (χ3n) is 2.02. The predicted molar refractivity (Wildman–Crippen MR) is 60.7 cm³/mol. The van der Waals surface area contributed by atoms with Crippen LogP contribution in [0.4, 0.5) is 0 Å². The Morgan fingerprint density at radius 1 is 1.57 bits per heavy atom. The maximum absolute atomic E-state index is 9.19. The average molecular weight is 214 g/mol. The summed E-state index contributed by atoms with van der Waals surface area (Å²) in [5, 5.41) is 14.5. The zero-order chi connectivity index (χ0) is 10.4. The fraction of sp³-hybridized carbons (Fsp3) is 0.600. The second-order valence-electron chi connectivity index (χ2n) is 3.51. The van der Waals surface area contributed by atoms with Gasteiger partial charge in [0.25, 0.3) is 0 Å². The summed E-state index contributed by atoms with van der Waals surface area (Å²) in [6.45, 7) is 2.05. The summed E-state index contributed by atoms with van der Waals surface area (Å²) >= 11 is 1.68. The van der Waals surface area contributed by atoms with E-state index in [0.29, 0.717) is 0 Å². The highest BCUT2D eigenvalue weighted by Crippen LogP contribution is 2.17.